The lowest BCUT2D eigenvalue weighted by molar-refractivity contribution is -0.126. The summed E-state index contributed by atoms with van der Waals surface area (Å²) in [5.74, 6) is 1.68. The third-order valence-corrected chi connectivity index (χ3v) is 3.44. The highest BCUT2D eigenvalue weighted by molar-refractivity contribution is 5.81. The first-order valence-corrected chi connectivity index (χ1v) is 7.73. The van der Waals surface area contributed by atoms with Crippen LogP contribution in [0.3, 0.4) is 0 Å². The van der Waals surface area contributed by atoms with Crippen molar-refractivity contribution in [2.75, 3.05) is 19.0 Å². The molecular weight excluding hydrogens is 290 g/mol. The van der Waals surface area contributed by atoms with Gasteiger partial charge >= 0.3 is 0 Å². The van der Waals surface area contributed by atoms with E-state index >= 15 is 0 Å². The Hall–Kier alpha value is -2.33. The van der Waals surface area contributed by atoms with Gasteiger partial charge in [0.25, 0.3) is 0 Å². The van der Waals surface area contributed by atoms with Crippen molar-refractivity contribution in [3.63, 3.8) is 0 Å². The van der Waals surface area contributed by atoms with Crippen LogP contribution in [0, 0.1) is 5.92 Å². The first kappa shape index (κ1) is 17.0. The Bertz CT molecular complexity index is 635. The number of hydrogen-bond acceptors (Lipinski definition) is 4. The minimum atomic E-state index is 0.0131. The van der Waals surface area contributed by atoms with Gasteiger partial charge in [0.2, 0.25) is 0 Å². The van der Waals surface area contributed by atoms with Crippen LogP contribution in [-0.4, -0.2) is 19.4 Å². The van der Waals surface area contributed by atoms with Gasteiger partial charge in [0, 0.05) is 24.7 Å². The average Bonchev–Trinajstić information content (AvgIpc) is 2.56. The fraction of sp³-hybridized carbons (Fsp3) is 0.316. The molecule has 2 rings (SSSR count). The van der Waals surface area contributed by atoms with Crippen LogP contribution < -0.4 is 10.1 Å². The maximum Gasteiger partial charge on any atom is 0.160 e. The van der Waals surface area contributed by atoms with Gasteiger partial charge in [-0.3, -0.25) is 4.79 Å². The molecule has 2 aromatic rings. The Morgan fingerprint density at radius 3 is 2.48 bits per heavy atom. The molecule has 0 saturated carbocycles. The first-order valence-electron chi connectivity index (χ1n) is 7.73. The molecular formula is C19H23NO3. The van der Waals surface area contributed by atoms with Crippen LogP contribution in [0.4, 0.5) is 5.69 Å². The van der Waals surface area contributed by atoms with Crippen LogP contribution in [0.1, 0.15) is 19.4 Å². The number of hydrogen-bond donors (Lipinski definition) is 1. The number of carbonyl (C=O) groups excluding carboxylic acids is 1. The van der Waals surface area contributed by atoms with Crippen LogP contribution in [0.25, 0.3) is 0 Å². The third kappa shape index (κ3) is 5.42. The monoisotopic (exact) mass is 313 g/mol. The second-order valence-electron chi connectivity index (χ2n) is 5.64. The van der Waals surface area contributed by atoms with E-state index in [-0.39, 0.29) is 18.3 Å². The maximum atomic E-state index is 11.5. The van der Waals surface area contributed by atoms with Crippen molar-refractivity contribution in [2.24, 2.45) is 5.92 Å². The standard InChI is InChI=1S/C19H23NO3/c1-14(2)19(21)13-22-12-15-7-9-17(10-8-15)23-18-6-4-5-16(11-18)20-3/h4-11,14,20H,12-13H2,1-3H3. The van der Waals surface area contributed by atoms with Gasteiger partial charge in [0.05, 0.1) is 6.61 Å². The van der Waals surface area contributed by atoms with Gasteiger partial charge in [0.15, 0.2) is 5.78 Å². The van der Waals surface area contributed by atoms with Crippen molar-refractivity contribution in [2.45, 2.75) is 20.5 Å². The van der Waals surface area contributed by atoms with Crippen LogP contribution in [0.5, 0.6) is 11.5 Å². The molecule has 0 aliphatic rings. The molecule has 0 unspecified atom stereocenters. The molecule has 0 bridgehead atoms. The highest BCUT2D eigenvalue weighted by Crippen LogP contribution is 2.24. The van der Waals surface area contributed by atoms with E-state index in [1.807, 2.05) is 69.4 Å². The van der Waals surface area contributed by atoms with E-state index in [4.69, 9.17) is 9.47 Å². The van der Waals surface area contributed by atoms with Crippen molar-refractivity contribution in [1.82, 2.24) is 0 Å². The first-order chi connectivity index (χ1) is 11.1. The Balaban J connectivity index is 1.88. The lowest BCUT2D eigenvalue weighted by atomic mass is 10.1. The lowest BCUT2D eigenvalue weighted by Gasteiger charge is -2.09. The molecule has 23 heavy (non-hydrogen) atoms. The summed E-state index contributed by atoms with van der Waals surface area (Å²) in [5.41, 5.74) is 2.01. The van der Waals surface area contributed by atoms with Crippen LogP contribution >= 0.6 is 0 Å². The largest absolute Gasteiger partial charge is 0.457 e. The Morgan fingerprint density at radius 1 is 1.09 bits per heavy atom. The van der Waals surface area contributed by atoms with Gasteiger partial charge in [-0.15, -0.1) is 0 Å². The van der Waals surface area contributed by atoms with Crippen LogP contribution in [0.15, 0.2) is 48.5 Å². The zero-order valence-electron chi connectivity index (χ0n) is 13.8. The number of ketones is 1. The second-order valence-corrected chi connectivity index (χ2v) is 5.64. The minimum Gasteiger partial charge on any atom is -0.457 e. The van der Waals surface area contributed by atoms with Gasteiger partial charge < -0.3 is 14.8 Å². The predicted molar refractivity (Wildman–Crippen MR) is 92.0 cm³/mol. The molecule has 0 aliphatic carbocycles. The van der Waals surface area contributed by atoms with E-state index in [1.165, 1.54) is 0 Å². The summed E-state index contributed by atoms with van der Waals surface area (Å²) in [6, 6.07) is 15.4. The Morgan fingerprint density at radius 2 is 1.83 bits per heavy atom. The number of benzene rings is 2. The molecule has 2 aromatic carbocycles. The predicted octanol–water partition coefficient (Wildman–Crippen LogP) is 4.26. The topological polar surface area (TPSA) is 47.6 Å². The third-order valence-electron chi connectivity index (χ3n) is 3.44. The normalized spacial score (nSPS) is 10.6. The molecule has 0 saturated heterocycles. The Kier molecular flexibility index (Phi) is 6.18. The zero-order valence-corrected chi connectivity index (χ0v) is 13.8. The van der Waals surface area contributed by atoms with E-state index in [2.05, 4.69) is 5.32 Å². The highest BCUT2D eigenvalue weighted by Gasteiger charge is 2.07. The lowest BCUT2D eigenvalue weighted by Crippen LogP contribution is -2.14. The molecule has 0 heterocycles. The van der Waals surface area contributed by atoms with Gasteiger partial charge in [0.1, 0.15) is 18.1 Å². The number of carbonyl (C=O) groups is 1. The van der Waals surface area contributed by atoms with Gasteiger partial charge in [-0.25, -0.2) is 0 Å². The highest BCUT2D eigenvalue weighted by atomic mass is 16.5. The summed E-state index contributed by atoms with van der Waals surface area (Å²) in [5, 5.41) is 3.08. The molecule has 0 aromatic heterocycles. The summed E-state index contributed by atoms with van der Waals surface area (Å²) >= 11 is 0. The molecule has 0 fully saturated rings. The second kappa shape index (κ2) is 8.34. The molecule has 1 N–H and O–H groups in total. The number of nitrogens with one attached hydrogen (secondary N) is 1. The van der Waals surface area contributed by atoms with E-state index in [1.54, 1.807) is 0 Å². The van der Waals surface area contributed by atoms with Crippen LogP contribution in [0.2, 0.25) is 0 Å². The number of rotatable bonds is 8. The fourth-order valence-corrected chi connectivity index (χ4v) is 1.94. The smallest absolute Gasteiger partial charge is 0.160 e. The summed E-state index contributed by atoms with van der Waals surface area (Å²) in [7, 11) is 1.87. The maximum absolute atomic E-state index is 11.5. The zero-order chi connectivity index (χ0) is 16.7. The molecule has 122 valence electrons. The van der Waals surface area contributed by atoms with E-state index in [0.29, 0.717) is 6.61 Å². The van der Waals surface area contributed by atoms with Crippen molar-refractivity contribution in [3.8, 4) is 11.5 Å². The minimum absolute atomic E-state index is 0.0131. The van der Waals surface area contributed by atoms with Crippen molar-refractivity contribution >= 4 is 11.5 Å². The van der Waals surface area contributed by atoms with Gasteiger partial charge in [-0.1, -0.05) is 32.0 Å². The molecule has 0 radical (unpaired) electrons. The van der Waals surface area contributed by atoms with Gasteiger partial charge in [-0.2, -0.15) is 0 Å². The van der Waals surface area contributed by atoms with Crippen molar-refractivity contribution < 1.29 is 14.3 Å². The fourth-order valence-electron chi connectivity index (χ4n) is 1.94. The van der Waals surface area contributed by atoms with E-state index in [0.717, 1.165) is 22.7 Å². The molecule has 4 nitrogen and oxygen atoms in total. The van der Waals surface area contributed by atoms with E-state index < -0.39 is 0 Å². The molecule has 0 amide bonds. The van der Waals surface area contributed by atoms with Crippen LogP contribution in [-0.2, 0) is 16.1 Å². The quantitative estimate of drug-likeness (QED) is 0.791. The molecule has 0 aliphatic heterocycles. The average molecular weight is 313 g/mol. The number of ether oxygens (including phenoxy) is 2. The van der Waals surface area contributed by atoms with Gasteiger partial charge in [-0.05, 0) is 29.8 Å². The summed E-state index contributed by atoms with van der Waals surface area (Å²) in [6.07, 6.45) is 0. The SMILES string of the molecule is CNc1cccc(Oc2ccc(COCC(=O)C(C)C)cc2)c1. The summed E-state index contributed by atoms with van der Waals surface area (Å²) < 4.78 is 11.2. The molecule has 4 heteroatoms. The number of anilines is 1. The van der Waals surface area contributed by atoms with Crippen molar-refractivity contribution in [1.29, 1.82) is 0 Å². The molecule has 0 atom stereocenters. The van der Waals surface area contributed by atoms with E-state index in [9.17, 15) is 4.79 Å². The Labute approximate surface area is 137 Å². The van der Waals surface area contributed by atoms with Crippen molar-refractivity contribution in [3.05, 3.63) is 54.1 Å². The summed E-state index contributed by atoms with van der Waals surface area (Å²) in [6.45, 7) is 4.34. The summed E-state index contributed by atoms with van der Waals surface area (Å²) in [4.78, 5) is 11.5. The number of Topliss-reactive ketones (excluding diaryl/α,β-unsaturated/α-hetero) is 1. The molecule has 0 spiro atoms.